The molecule has 1 aromatic heterocycles. The third kappa shape index (κ3) is 2.25. The zero-order valence-electron chi connectivity index (χ0n) is 9.53. The van der Waals surface area contributed by atoms with E-state index in [1.54, 1.807) is 6.07 Å². The molecule has 0 amide bonds. The summed E-state index contributed by atoms with van der Waals surface area (Å²) in [6.07, 6.45) is 1.85. The summed E-state index contributed by atoms with van der Waals surface area (Å²) >= 11 is 5.84. The lowest BCUT2D eigenvalue weighted by Crippen LogP contribution is -2.10. The summed E-state index contributed by atoms with van der Waals surface area (Å²) in [7, 11) is 3.90. The van der Waals surface area contributed by atoms with E-state index < -0.39 is 4.92 Å². The van der Waals surface area contributed by atoms with Crippen molar-refractivity contribution in [2.45, 2.75) is 6.54 Å². The third-order valence-corrected chi connectivity index (χ3v) is 2.82. The first-order chi connectivity index (χ1) is 7.99. The maximum atomic E-state index is 10.8. The molecule has 0 spiro atoms. The second-order valence-corrected chi connectivity index (χ2v) is 4.57. The highest BCUT2D eigenvalue weighted by Gasteiger charge is 2.16. The predicted molar refractivity (Wildman–Crippen MR) is 67.4 cm³/mol. The molecule has 0 unspecified atom stereocenters. The highest BCUT2D eigenvalue weighted by molar-refractivity contribution is 6.33. The first-order valence-corrected chi connectivity index (χ1v) is 5.45. The Hall–Kier alpha value is -1.59. The molecule has 0 fully saturated rings. The molecule has 0 aliphatic carbocycles. The van der Waals surface area contributed by atoms with Gasteiger partial charge < -0.3 is 9.88 Å². The van der Waals surface area contributed by atoms with Crippen molar-refractivity contribution in [3.05, 3.63) is 39.0 Å². The summed E-state index contributed by atoms with van der Waals surface area (Å²) in [5, 5.41) is 11.8. The van der Waals surface area contributed by atoms with E-state index in [2.05, 4.69) is 4.98 Å². The van der Waals surface area contributed by atoms with Crippen LogP contribution in [0.3, 0.4) is 0 Å². The maximum absolute atomic E-state index is 10.8. The predicted octanol–water partition coefficient (Wildman–Crippen LogP) is 2.79. The number of halogens is 1. The van der Waals surface area contributed by atoms with E-state index in [0.29, 0.717) is 0 Å². The Bertz CT molecular complexity index is 577. The lowest BCUT2D eigenvalue weighted by Gasteiger charge is -2.07. The minimum atomic E-state index is -0.464. The number of nitrogens with zero attached hydrogens (tertiary/aromatic N) is 2. The summed E-state index contributed by atoms with van der Waals surface area (Å²) in [5.41, 5.74) is 1.78. The minimum absolute atomic E-state index is 0.0567. The van der Waals surface area contributed by atoms with Gasteiger partial charge in [0.25, 0.3) is 5.69 Å². The van der Waals surface area contributed by atoms with Gasteiger partial charge in [-0.05, 0) is 25.7 Å². The van der Waals surface area contributed by atoms with Crippen LogP contribution in [0.25, 0.3) is 10.9 Å². The fraction of sp³-hybridized carbons (Fsp3) is 0.273. The number of fused-ring (bicyclic) bond motifs is 1. The van der Waals surface area contributed by atoms with Crippen molar-refractivity contribution in [3.63, 3.8) is 0 Å². The van der Waals surface area contributed by atoms with Gasteiger partial charge in [-0.3, -0.25) is 10.1 Å². The van der Waals surface area contributed by atoms with Gasteiger partial charge in [0.2, 0.25) is 0 Å². The van der Waals surface area contributed by atoms with Crippen molar-refractivity contribution in [1.29, 1.82) is 0 Å². The monoisotopic (exact) mass is 253 g/mol. The molecule has 0 bridgehead atoms. The van der Waals surface area contributed by atoms with Crippen LogP contribution in [0, 0.1) is 10.1 Å². The lowest BCUT2D eigenvalue weighted by atomic mass is 10.1. The van der Waals surface area contributed by atoms with Crippen LogP contribution in [0.15, 0.2) is 18.3 Å². The van der Waals surface area contributed by atoms with E-state index >= 15 is 0 Å². The van der Waals surface area contributed by atoms with Gasteiger partial charge in [-0.25, -0.2) is 0 Å². The van der Waals surface area contributed by atoms with E-state index in [1.807, 2.05) is 25.2 Å². The number of rotatable bonds is 3. The molecule has 17 heavy (non-hydrogen) atoms. The Kier molecular flexibility index (Phi) is 3.04. The van der Waals surface area contributed by atoms with Gasteiger partial charge in [0.05, 0.1) is 4.92 Å². The summed E-state index contributed by atoms with van der Waals surface area (Å²) in [6, 6.07) is 3.11. The third-order valence-electron chi connectivity index (χ3n) is 2.52. The van der Waals surface area contributed by atoms with Crippen LogP contribution in [0.4, 0.5) is 5.69 Å². The van der Waals surface area contributed by atoms with E-state index in [1.165, 1.54) is 6.07 Å². The summed E-state index contributed by atoms with van der Waals surface area (Å²) in [4.78, 5) is 15.4. The van der Waals surface area contributed by atoms with Gasteiger partial charge in [-0.1, -0.05) is 11.6 Å². The SMILES string of the molecule is CN(C)Cc1c[nH]c2cc(Cl)c([N+](=O)[O-])cc12. The first kappa shape index (κ1) is 11.9. The van der Waals surface area contributed by atoms with Crippen LogP contribution in [0.1, 0.15) is 5.56 Å². The van der Waals surface area contributed by atoms with Gasteiger partial charge in [-0.15, -0.1) is 0 Å². The zero-order chi connectivity index (χ0) is 12.6. The van der Waals surface area contributed by atoms with Gasteiger partial charge in [0.15, 0.2) is 0 Å². The van der Waals surface area contributed by atoms with Gasteiger partial charge in [-0.2, -0.15) is 0 Å². The van der Waals surface area contributed by atoms with Crippen molar-refractivity contribution in [1.82, 2.24) is 9.88 Å². The number of nitro groups is 1. The molecule has 2 rings (SSSR count). The van der Waals surface area contributed by atoms with E-state index in [4.69, 9.17) is 11.6 Å². The number of nitrogens with one attached hydrogen (secondary N) is 1. The van der Waals surface area contributed by atoms with Crippen LogP contribution in [0.5, 0.6) is 0 Å². The fourth-order valence-electron chi connectivity index (χ4n) is 1.80. The van der Waals surface area contributed by atoms with Gasteiger partial charge in [0.1, 0.15) is 5.02 Å². The quantitative estimate of drug-likeness (QED) is 0.676. The van der Waals surface area contributed by atoms with E-state index in [9.17, 15) is 10.1 Å². The smallest absolute Gasteiger partial charge is 0.288 e. The number of nitro benzene ring substituents is 1. The fourth-order valence-corrected chi connectivity index (χ4v) is 2.03. The molecule has 1 N–H and O–H groups in total. The minimum Gasteiger partial charge on any atom is -0.361 e. The number of benzene rings is 1. The number of H-pyrrole nitrogens is 1. The molecule has 0 radical (unpaired) electrons. The first-order valence-electron chi connectivity index (χ1n) is 5.07. The van der Waals surface area contributed by atoms with Gasteiger partial charge >= 0.3 is 0 Å². The average molecular weight is 254 g/mol. The standard InChI is InChI=1S/C11H12ClN3O2/c1-14(2)6-7-5-13-10-4-9(12)11(15(16)17)3-8(7)10/h3-5,13H,6H2,1-2H3. The van der Waals surface area contributed by atoms with E-state index in [0.717, 1.165) is 23.0 Å². The largest absolute Gasteiger partial charge is 0.361 e. The molecule has 0 saturated heterocycles. The van der Waals surface area contributed by atoms with Crippen LogP contribution in [-0.2, 0) is 6.54 Å². The molecular weight excluding hydrogens is 242 g/mol. The highest BCUT2D eigenvalue weighted by atomic mass is 35.5. The Balaban J connectivity index is 2.59. The molecule has 1 heterocycles. The Morgan fingerprint density at radius 1 is 1.47 bits per heavy atom. The van der Waals surface area contributed by atoms with Crippen LogP contribution >= 0.6 is 11.6 Å². The summed E-state index contributed by atoms with van der Waals surface area (Å²) < 4.78 is 0. The zero-order valence-corrected chi connectivity index (χ0v) is 10.3. The van der Waals surface area contributed by atoms with Crippen LogP contribution in [0.2, 0.25) is 5.02 Å². The molecule has 0 saturated carbocycles. The van der Waals surface area contributed by atoms with Crippen LogP contribution < -0.4 is 0 Å². The van der Waals surface area contributed by atoms with Crippen molar-refractivity contribution in [3.8, 4) is 0 Å². The second-order valence-electron chi connectivity index (χ2n) is 4.16. The molecule has 0 atom stereocenters. The van der Waals surface area contributed by atoms with Gasteiger partial charge in [0, 0.05) is 29.7 Å². The molecule has 6 heteroatoms. The number of hydrogen-bond donors (Lipinski definition) is 1. The summed E-state index contributed by atoms with van der Waals surface area (Å²) in [6.45, 7) is 0.721. The molecule has 90 valence electrons. The number of aromatic nitrogens is 1. The normalized spacial score (nSPS) is 11.3. The highest BCUT2D eigenvalue weighted by Crippen LogP contribution is 2.31. The summed E-state index contributed by atoms with van der Waals surface area (Å²) in [5.74, 6) is 0. The van der Waals surface area contributed by atoms with E-state index in [-0.39, 0.29) is 10.7 Å². The molecule has 0 aliphatic heterocycles. The van der Waals surface area contributed by atoms with Crippen molar-refractivity contribution in [2.75, 3.05) is 14.1 Å². The molecule has 5 nitrogen and oxygen atoms in total. The van der Waals surface area contributed by atoms with Crippen LogP contribution in [-0.4, -0.2) is 28.9 Å². The molecule has 2 aromatic rings. The number of hydrogen-bond acceptors (Lipinski definition) is 3. The Morgan fingerprint density at radius 2 is 2.18 bits per heavy atom. The Labute approximate surface area is 103 Å². The number of aromatic amines is 1. The molecule has 1 aromatic carbocycles. The molecular formula is C11H12ClN3O2. The lowest BCUT2D eigenvalue weighted by molar-refractivity contribution is -0.384. The second kappa shape index (κ2) is 4.35. The molecule has 0 aliphatic rings. The Morgan fingerprint density at radius 3 is 2.76 bits per heavy atom. The topological polar surface area (TPSA) is 62.2 Å². The van der Waals surface area contributed by atoms with Crippen molar-refractivity contribution < 1.29 is 4.92 Å². The van der Waals surface area contributed by atoms with Crippen molar-refractivity contribution >= 4 is 28.2 Å². The van der Waals surface area contributed by atoms with Crippen molar-refractivity contribution in [2.24, 2.45) is 0 Å². The average Bonchev–Trinajstić information content (AvgIpc) is 2.58. The maximum Gasteiger partial charge on any atom is 0.288 e.